The van der Waals surface area contributed by atoms with Crippen molar-refractivity contribution < 1.29 is 13.9 Å². The molecule has 1 fully saturated rings. The first-order valence-corrected chi connectivity index (χ1v) is 5.68. The van der Waals surface area contributed by atoms with Crippen molar-refractivity contribution in [3.8, 4) is 0 Å². The molecule has 1 aliphatic rings. The maximum Gasteiger partial charge on any atom is 0.411 e. The summed E-state index contributed by atoms with van der Waals surface area (Å²) in [6, 6.07) is 4.11. The molecule has 17 heavy (non-hydrogen) atoms. The molecule has 0 aromatic heterocycles. The van der Waals surface area contributed by atoms with E-state index >= 15 is 0 Å². The Hall–Kier alpha value is -1.78. The molecule has 92 valence electrons. The number of nitrogens with one attached hydrogen (secondary N) is 1. The highest BCUT2D eigenvalue weighted by atomic mass is 19.1. The lowest BCUT2D eigenvalue weighted by Crippen LogP contribution is -2.20. The average molecular weight is 238 g/mol. The molecule has 1 aromatic rings. The number of ether oxygens (including phenoxy) is 1. The highest BCUT2D eigenvalue weighted by molar-refractivity contribution is 5.85. The number of benzene rings is 1. The lowest BCUT2D eigenvalue weighted by molar-refractivity contribution is 0.114. The minimum Gasteiger partial charge on any atom is -0.446 e. The third-order valence-corrected chi connectivity index (χ3v) is 2.82. The summed E-state index contributed by atoms with van der Waals surface area (Å²) in [7, 11) is 0. The van der Waals surface area contributed by atoms with Gasteiger partial charge in [0.15, 0.2) is 0 Å². The molecule has 4 nitrogen and oxygen atoms in total. The summed E-state index contributed by atoms with van der Waals surface area (Å²) in [5.41, 5.74) is 5.73. The number of hydrogen-bond acceptors (Lipinski definition) is 3. The Morgan fingerprint density at radius 3 is 2.76 bits per heavy atom. The summed E-state index contributed by atoms with van der Waals surface area (Å²) in [6.45, 7) is 0. The first kappa shape index (κ1) is 11.7. The van der Waals surface area contributed by atoms with Crippen LogP contribution in [0.4, 0.5) is 20.6 Å². The van der Waals surface area contributed by atoms with Crippen molar-refractivity contribution in [2.24, 2.45) is 0 Å². The number of nitrogen functional groups attached to an aromatic ring is 1. The molecule has 5 heteroatoms. The normalized spacial score (nSPS) is 15.8. The minimum atomic E-state index is -0.552. The summed E-state index contributed by atoms with van der Waals surface area (Å²) in [6.07, 6.45) is 3.45. The summed E-state index contributed by atoms with van der Waals surface area (Å²) in [5, 5.41) is 2.48. The average Bonchev–Trinajstić information content (AvgIpc) is 2.76. The standard InChI is InChI=1S/C12H15FN2O2/c13-10-7-8(5-6-11(10)14)15-12(16)17-9-3-1-2-4-9/h5-7,9H,1-4,14H2,(H,15,16). The fourth-order valence-corrected chi connectivity index (χ4v) is 1.91. The van der Waals surface area contributed by atoms with Crippen molar-refractivity contribution >= 4 is 17.5 Å². The smallest absolute Gasteiger partial charge is 0.411 e. The van der Waals surface area contributed by atoms with Gasteiger partial charge >= 0.3 is 6.09 Å². The van der Waals surface area contributed by atoms with Crippen molar-refractivity contribution in [1.29, 1.82) is 0 Å². The van der Waals surface area contributed by atoms with Gasteiger partial charge in [0, 0.05) is 5.69 Å². The molecule has 3 N–H and O–H groups in total. The van der Waals surface area contributed by atoms with Crippen molar-refractivity contribution in [1.82, 2.24) is 0 Å². The van der Waals surface area contributed by atoms with E-state index < -0.39 is 11.9 Å². The third kappa shape index (κ3) is 3.09. The zero-order chi connectivity index (χ0) is 12.3. The molecule has 0 spiro atoms. The van der Waals surface area contributed by atoms with Crippen LogP contribution in [0.5, 0.6) is 0 Å². The van der Waals surface area contributed by atoms with Crippen molar-refractivity contribution in [2.45, 2.75) is 31.8 Å². The zero-order valence-corrected chi connectivity index (χ0v) is 9.41. The van der Waals surface area contributed by atoms with Crippen LogP contribution in [0.15, 0.2) is 18.2 Å². The van der Waals surface area contributed by atoms with Gasteiger partial charge in [0.2, 0.25) is 0 Å². The molecule has 0 heterocycles. The van der Waals surface area contributed by atoms with Gasteiger partial charge in [-0.2, -0.15) is 0 Å². The summed E-state index contributed by atoms with van der Waals surface area (Å²) < 4.78 is 18.3. The summed E-state index contributed by atoms with van der Waals surface area (Å²) in [4.78, 5) is 11.5. The van der Waals surface area contributed by atoms with Crippen LogP contribution in [-0.4, -0.2) is 12.2 Å². The lowest BCUT2D eigenvalue weighted by Gasteiger charge is -2.12. The van der Waals surface area contributed by atoms with Crippen molar-refractivity contribution in [3.05, 3.63) is 24.0 Å². The fraction of sp³-hybridized carbons (Fsp3) is 0.417. The van der Waals surface area contributed by atoms with Gasteiger partial charge in [-0.1, -0.05) is 0 Å². The molecule has 0 unspecified atom stereocenters. The van der Waals surface area contributed by atoms with E-state index in [-0.39, 0.29) is 11.8 Å². The highest BCUT2D eigenvalue weighted by Crippen LogP contribution is 2.22. The highest BCUT2D eigenvalue weighted by Gasteiger charge is 2.19. The van der Waals surface area contributed by atoms with Gasteiger partial charge in [-0.15, -0.1) is 0 Å². The Morgan fingerprint density at radius 2 is 2.12 bits per heavy atom. The number of carbonyl (C=O) groups excluding carboxylic acids is 1. The molecule has 0 bridgehead atoms. The molecule has 1 aromatic carbocycles. The summed E-state index contributed by atoms with van der Waals surface area (Å²) >= 11 is 0. The summed E-state index contributed by atoms with van der Waals surface area (Å²) in [5.74, 6) is -0.552. The molecule has 1 aliphatic carbocycles. The van der Waals surface area contributed by atoms with E-state index in [0.717, 1.165) is 25.7 Å². The molecular weight excluding hydrogens is 223 g/mol. The number of nitrogens with two attached hydrogens (primary N) is 1. The second-order valence-corrected chi connectivity index (χ2v) is 4.17. The minimum absolute atomic E-state index is 0.00590. The van der Waals surface area contributed by atoms with Crippen LogP contribution in [0.1, 0.15) is 25.7 Å². The van der Waals surface area contributed by atoms with Gasteiger partial charge in [-0.05, 0) is 43.9 Å². The van der Waals surface area contributed by atoms with Crippen LogP contribution in [0.3, 0.4) is 0 Å². The second kappa shape index (κ2) is 5.03. The Labute approximate surface area is 98.9 Å². The Balaban J connectivity index is 1.90. The Morgan fingerprint density at radius 1 is 1.41 bits per heavy atom. The third-order valence-electron chi connectivity index (χ3n) is 2.82. The topological polar surface area (TPSA) is 64.3 Å². The van der Waals surface area contributed by atoms with Crippen molar-refractivity contribution in [2.75, 3.05) is 11.1 Å². The molecule has 0 atom stereocenters. The SMILES string of the molecule is Nc1ccc(NC(=O)OC2CCCC2)cc1F. The molecule has 2 rings (SSSR count). The number of carbonyl (C=O) groups is 1. The number of hydrogen-bond donors (Lipinski definition) is 2. The Bertz CT molecular complexity index is 417. The number of rotatable bonds is 2. The first-order chi connectivity index (χ1) is 8.15. The quantitative estimate of drug-likeness (QED) is 0.778. The van der Waals surface area contributed by atoms with Crippen molar-refractivity contribution in [3.63, 3.8) is 0 Å². The van der Waals surface area contributed by atoms with E-state index in [9.17, 15) is 9.18 Å². The lowest BCUT2D eigenvalue weighted by atomic mass is 10.3. The van der Waals surface area contributed by atoms with E-state index in [2.05, 4.69) is 5.32 Å². The molecule has 0 saturated heterocycles. The molecular formula is C12H15FN2O2. The predicted molar refractivity (Wildman–Crippen MR) is 63.2 cm³/mol. The Kier molecular flexibility index (Phi) is 3.46. The maximum absolute atomic E-state index is 13.1. The van der Waals surface area contributed by atoms with E-state index in [0.29, 0.717) is 5.69 Å². The van der Waals surface area contributed by atoms with E-state index in [1.165, 1.54) is 18.2 Å². The second-order valence-electron chi connectivity index (χ2n) is 4.17. The van der Waals surface area contributed by atoms with Gasteiger partial charge in [-0.3, -0.25) is 5.32 Å². The van der Waals surface area contributed by atoms with E-state index in [1.807, 2.05) is 0 Å². The molecule has 0 aliphatic heterocycles. The number of amides is 1. The molecule has 0 radical (unpaired) electrons. The van der Waals surface area contributed by atoms with E-state index in [1.54, 1.807) is 0 Å². The monoisotopic (exact) mass is 238 g/mol. The molecule has 1 saturated carbocycles. The largest absolute Gasteiger partial charge is 0.446 e. The molecule has 1 amide bonds. The van der Waals surface area contributed by atoms with Crippen LogP contribution in [0.2, 0.25) is 0 Å². The maximum atomic E-state index is 13.1. The first-order valence-electron chi connectivity index (χ1n) is 5.68. The van der Waals surface area contributed by atoms with Gasteiger partial charge in [-0.25, -0.2) is 9.18 Å². The van der Waals surface area contributed by atoms with Crippen LogP contribution >= 0.6 is 0 Å². The van der Waals surface area contributed by atoms with Crippen LogP contribution in [-0.2, 0) is 4.74 Å². The fourth-order valence-electron chi connectivity index (χ4n) is 1.91. The van der Waals surface area contributed by atoms with Gasteiger partial charge < -0.3 is 10.5 Å². The van der Waals surface area contributed by atoms with Gasteiger partial charge in [0.05, 0.1) is 5.69 Å². The van der Waals surface area contributed by atoms with Gasteiger partial charge in [0.25, 0.3) is 0 Å². The number of halogens is 1. The van der Waals surface area contributed by atoms with Gasteiger partial charge in [0.1, 0.15) is 11.9 Å². The van der Waals surface area contributed by atoms with Crippen LogP contribution in [0.25, 0.3) is 0 Å². The predicted octanol–water partition coefficient (Wildman–Crippen LogP) is 2.90. The van der Waals surface area contributed by atoms with Crippen LogP contribution < -0.4 is 11.1 Å². The van der Waals surface area contributed by atoms with Crippen LogP contribution in [0, 0.1) is 5.82 Å². The van der Waals surface area contributed by atoms with E-state index in [4.69, 9.17) is 10.5 Å². The zero-order valence-electron chi connectivity index (χ0n) is 9.41. The number of anilines is 2.